The second kappa shape index (κ2) is 6.54. The summed E-state index contributed by atoms with van der Waals surface area (Å²) in [7, 11) is 0. The van der Waals surface area contributed by atoms with Crippen LogP contribution in [0.1, 0.15) is 34.5 Å². The monoisotopic (exact) mass is 412 g/mol. The van der Waals surface area contributed by atoms with E-state index in [0.29, 0.717) is 0 Å². The first-order valence-corrected chi connectivity index (χ1v) is 8.84. The van der Waals surface area contributed by atoms with Crippen LogP contribution in [0.25, 0.3) is 12.2 Å². The van der Waals surface area contributed by atoms with Gasteiger partial charge < -0.3 is 20.4 Å². The maximum Gasteiger partial charge on any atom is 0.270 e. The maximum absolute atomic E-state index is 11.2. The van der Waals surface area contributed by atoms with Crippen molar-refractivity contribution in [2.45, 2.75) is 23.4 Å². The molecule has 0 saturated carbocycles. The van der Waals surface area contributed by atoms with E-state index in [9.17, 15) is 40.7 Å². The van der Waals surface area contributed by atoms with Crippen LogP contribution >= 0.6 is 0 Å². The van der Waals surface area contributed by atoms with Crippen molar-refractivity contribution < 1.29 is 30.3 Å². The van der Waals surface area contributed by atoms with Gasteiger partial charge in [-0.05, 0) is 46.5 Å². The summed E-state index contributed by atoms with van der Waals surface area (Å²) in [5.41, 5.74) is -4.34. The van der Waals surface area contributed by atoms with Gasteiger partial charge in [-0.2, -0.15) is 0 Å². The number of benzene rings is 2. The van der Waals surface area contributed by atoms with E-state index in [1.54, 1.807) is 0 Å². The molecule has 0 amide bonds. The highest BCUT2D eigenvalue weighted by molar-refractivity contribution is 5.67. The van der Waals surface area contributed by atoms with E-state index in [4.69, 9.17) is 0 Å². The Kier molecular flexibility index (Phi) is 4.33. The van der Waals surface area contributed by atoms with E-state index in [1.165, 1.54) is 36.4 Å². The third-order valence-electron chi connectivity index (χ3n) is 5.66. The number of hydrogen-bond acceptors (Lipinski definition) is 8. The molecule has 10 nitrogen and oxygen atoms in total. The molecule has 0 bridgehead atoms. The number of hydrogen-bond donors (Lipinski definition) is 4. The zero-order valence-electron chi connectivity index (χ0n) is 15.2. The van der Waals surface area contributed by atoms with Gasteiger partial charge in [0.25, 0.3) is 11.4 Å². The molecule has 154 valence electrons. The molecule has 2 aliphatic carbocycles. The Morgan fingerprint density at radius 1 is 0.733 bits per heavy atom. The fourth-order valence-electron chi connectivity index (χ4n) is 3.93. The Bertz CT molecular complexity index is 1050. The molecule has 0 aliphatic heterocycles. The average molecular weight is 412 g/mol. The van der Waals surface area contributed by atoms with Crippen molar-refractivity contribution in [3.8, 4) is 0 Å². The van der Waals surface area contributed by atoms with E-state index in [2.05, 4.69) is 0 Å². The lowest BCUT2D eigenvalue weighted by Gasteiger charge is -2.48. The Morgan fingerprint density at radius 2 is 1.10 bits per heavy atom. The van der Waals surface area contributed by atoms with Crippen molar-refractivity contribution in [3.63, 3.8) is 0 Å². The number of nitro groups is 2. The molecule has 4 N–H and O–H groups in total. The molecule has 4 atom stereocenters. The highest BCUT2D eigenvalue weighted by atomic mass is 16.6. The zero-order valence-corrected chi connectivity index (χ0v) is 15.2. The van der Waals surface area contributed by atoms with Crippen molar-refractivity contribution >= 4 is 23.5 Å². The lowest BCUT2D eigenvalue weighted by Crippen LogP contribution is -2.60. The molecule has 2 aliphatic rings. The number of nitro benzene ring substituents is 2. The van der Waals surface area contributed by atoms with Crippen molar-refractivity contribution in [2.75, 3.05) is 0 Å². The van der Waals surface area contributed by atoms with Crippen molar-refractivity contribution in [3.05, 3.63) is 91.0 Å². The van der Waals surface area contributed by atoms with Gasteiger partial charge in [0, 0.05) is 24.3 Å². The van der Waals surface area contributed by atoms with Gasteiger partial charge in [0.05, 0.1) is 9.85 Å². The maximum atomic E-state index is 11.2. The second-order valence-corrected chi connectivity index (χ2v) is 7.26. The van der Waals surface area contributed by atoms with Crippen molar-refractivity contribution in [1.82, 2.24) is 0 Å². The average Bonchev–Trinajstić information content (AvgIpc) is 2.73. The number of aliphatic hydroxyl groups is 4. The number of rotatable bonds is 3. The SMILES string of the molecule is O=[N+]([O-])c1ccc2c(c1)C=CC(O)(C1(O)C=Cc3cc([N+](=O)[O-])ccc3C1O)C2O. The summed E-state index contributed by atoms with van der Waals surface area (Å²) < 4.78 is 0. The molecule has 0 radical (unpaired) electrons. The van der Waals surface area contributed by atoms with Crippen LogP contribution in [0, 0.1) is 20.2 Å². The van der Waals surface area contributed by atoms with Crippen LogP contribution < -0.4 is 0 Å². The summed E-state index contributed by atoms with van der Waals surface area (Å²) in [5, 5.41) is 66.1. The molecule has 10 heteroatoms. The Balaban J connectivity index is 1.78. The minimum absolute atomic E-state index is 0.133. The molecule has 2 aromatic rings. The van der Waals surface area contributed by atoms with Gasteiger partial charge in [0.15, 0.2) is 0 Å². The normalized spacial score (nSPS) is 29.2. The van der Waals surface area contributed by atoms with Gasteiger partial charge in [-0.25, -0.2) is 0 Å². The molecule has 0 aromatic heterocycles. The van der Waals surface area contributed by atoms with Gasteiger partial charge in [-0.3, -0.25) is 20.2 Å². The van der Waals surface area contributed by atoms with Crippen LogP contribution in [0.2, 0.25) is 0 Å². The van der Waals surface area contributed by atoms with Gasteiger partial charge in [0.1, 0.15) is 23.4 Å². The van der Waals surface area contributed by atoms with Crippen LogP contribution in [-0.2, 0) is 0 Å². The van der Waals surface area contributed by atoms with Gasteiger partial charge >= 0.3 is 0 Å². The zero-order chi connectivity index (χ0) is 21.8. The summed E-state index contributed by atoms with van der Waals surface area (Å²) in [5.74, 6) is 0. The topological polar surface area (TPSA) is 167 Å². The number of fused-ring (bicyclic) bond motifs is 2. The molecule has 0 spiro atoms. The Hall–Kier alpha value is -3.44. The standard InChI is InChI=1S/C20H16N2O8/c23-17-15-3-1-13(21(27)28)9-11(15)5-7-19(17,25)20(26)8-6-12-10-14(22(29)30)2-4-16(12)18(20)24/h1-10,17-18,23-26H. The molecule has 2 aromatic carbocycles. The lowest BCUT2D eigenvalue weighted by molar-refractivity contribution is -0.385. The first kappa shape index (κ1) is 19.9. The number of aliphatic hydroxyl groups excluding tert-OH is 2. The Morgan fingerprint density at radius 3 is 1.43 bits per heavy atom. The predicted octanol–water partition coefficient (Wildman–Crippen LogP) is 1.79. The van der Waals surface area contributed by atoms with Gasteiger partial charge in [-0.15, -0.1) is 0 Å². The summed E-state index contributed by atoms with van der Waals surface area (Å²) in [4.78, 5) is 20.7. The first-order chi connectivity index (χ1) is 14.1. The van der Waals surface area contributed by atoms with Gasteiger partial charge in [-0.1, -0.05) is 12.2 Å². The molecule has 30 heavy (non-hydrogen) atoms. The fourth-order valence-corrected chi connectivity index (χ4v) is 3.93. The molecular weight excluding hydrogens is 396 g/mol. The van der Waals surface area contributed by atoms with Crippen LogP contribution in [0.4, 0.5) is 11.4 Å². The van der Waals surface area contributed by atoms with E-state index in [1.807, 2.05) is 0 Å². The highest BCUT2D eigenvalue weighted by Crippen LogP contribution is 2.50. The lowest BCUT2D eigenvalue weighted by atomic mass is 9.66. The van der Waals surface area contributed by atoms with Crippen LogP contribution in [0.5, 0.6) is 0 Å². The molecule has 0 fully saturated rings. The van der Waals surface area contributed by atoms with Crippen LogP contribution in [-0.4, -0.2) is 41.5 Å². The van der Waals surface area contributed by atoms with Crippen LogP contribution in [0.15, 0.2) is 48.6 Å². The highest BCUT2D eigenvalue weighted by Gasteiger charge is 2.58. The Labute approximate surface area is 169 Å². The van der Waals surface area contributed by atoms with Gasteiger partial charge in [0.2, 0.25) is 0 Å². The predicted molar refractivity (Wildman–Crippen MR) is 104 cm³/mol. The van der Waals surface area contributed by atoms with E-state index in [-0.39, 0.29) is 33.6 Å². The molecule has 4 unspecified atom stereocenters. The smallest absolute Gasteiger partial charge is 0.270 e. The van der Waals surface area contributed by atoms with Crippen molar-refractivity contribution in [2.24, 2.45) is 0 Å². The summed E-state index contributed by atoms with van der Waals surface area (Å²) in [6.07, 6.45) is 1.35. The summed E-state index contributed by atoms with van der Waals surface area (Å²) in [6.45, 7) is 0. The molecule has 0 heterocycles. The third-order valence-corrected chi connectivity index (χ3v) is 5.66. The van der Waals surface area contributed by atoms with Crippen molar-refractivity contribution in [1.29, 1.82) is 0 Å². The summed E-state index contributed by atoms with van der Waals surface area (Å²) >= 11 is 0. The summed E-state index contributed by atoms with van der Waals surface area (Å²) in [6, 6.07) is 7.30. The molecule has 4 rings (SSSR count). The van der Waals surface area contributed by atoms with E-state index >= 15 is 0 Å². The number of nitrogens with zero attached hydrogens (tertiary/aromatic N) is 2. The molecule has 0 saturated heterocycles. The van der Waals surface area contributed by atoms with Crippen LogP contribution in [0.3, 0.4) is 0 Å². The minimum atomic E-state index is -2.38. The fraction of sp³-hybridized carbons (Fsp3) is 0.200. The number of non-ortho nitro benzene ring substituents is 2. The largest absolute Gasteiger partial charge is 0.385 e. The minimum Gasteiger partial charge on any atom is -0.385 e. The third kappa shape index (κ3) is 2.66. The molecular formula is C20H16N2O8. The first-order valence-electron chi connectivity index (χ1n) is 8.84. The van der Waals surface area contributed by atoms with E-state index < -0.39 is 33.3 Å². The second-order valence-electron chi connectivity index (χ2n) is 7.26. The quantitative estimate of drug-likeness (QED) is 0.437. The van der Waals surface area contributed by atoms with E-state index in [0.717, 1.165) is 24.3 Å².